The third-order valence-corrected chi connectivity index (χ3v) is 3.70. The molecule has 0 unspecified atom stereocenters. The number of piperidine rings is 1. The number of aliphatic hydroxyl groups excluding tert-OH is 3. The molecular formula is C14H21NO3. The standard InChI is InChI=1S/C14H21NO3/c1-2-10-9(8-16)4-3-5-11(10)12-6-13(17)14(18)7-15-12/h3-5,12-18H,2,6-8H2,1H3/t12-,13+,14-/m1/s1. The van der Waals surface area contributed by atoms with E-state index >= 15 is 0 Å². The quantitative estimate of drug-likeness (QED) is 0.631. The lowest BCUT2D eigenvalue weighted by Gasteiger charge is -2.33. The largest absolute Gasteiger partial charge is 0.392 e. The molecule has 1 fully saturated rings. The van der Waals surface area contributed by atoms with Crippen LogP contribution in [0.2, 0.25) is 0 Å². The van der Waals surface area contributed by atoms with Crippen molar-refractivity contribution in [1.29, 1.82) is 0 Å². The van der Waals surface area contributed by atoms with Gasteiger partial charge in [-0.3, -0.25) is 0 Å². The highest BCUT2D eigenvalue weighted by Gasteiger charge is 2.29. The van der Waals surface area contributed by atoms with E-state index in [0.717, 1.165) is 23.1 Å². The highest BCUT2D eigenvalue weighted by molar-refractivity contribution is 5.37. The topological polar surface area (TPSA) is 72.7 Å². The van der Waals surface area contributed by atoms with Crippen LogP contribution in [0.3, 0.4) is 0 Å². The van der Waals surface area contributed by atoms with Crippen LogP contribution in [0.5, 0.6) is 0 Å². The fourth-order valence-electron chi connectivity index (χ4n) is 2.68. The second kappa shape index (κ2) is 5.80. The minimum absolute atomic E-state index is 0.0366. The number of nitrogens with one attached hydrogen (secondary N) is 1. The van der Waals surface area contributed by atoms with E-state index in [-0.39, 0.29) is 12.6 Å². The third-order valence-electron chi connectivity index (χ3n) is 3.70. The van der Waals surface area contributed by atoms with Gasteiger partial charge in [0.1, 0.15) is 0 Å². The Kier molecular flexibility index (Phi) is 4.35. The molecule has 0 aromatic heterocycles. The zero-order valence-corrected chi connectivity index (χ0v) is 10.6. The number of rotatable bonds is 3. The molecule has 0 aliphatic carbocycles. The first-order valence-electron chi connectivity index (χ1n) is 6.48. The van der Waals surface area contributed by atoms with Crippen LogP contribution in [-0.2, 0) is 13.0 Å². The number of aliphatic hydroxyl groups is 3. The normalized spacial score (nSPS) is 28.3. The molecule has 1 aromatic rings. The first kappa shape index (κ1) is 13.5. The summed E-state index contributed by atoms with van der Waals surface area (Å²) in [7, 11) is 0. The maximum Gasteiger partial charge on any atom is 0.0923 e. The number of benzene rings is 1. The van der Waals surface area contributed by atoms with E-state index in [2.05, 4.69) is 12.2 Å². The maximum atomic E-state index is 9.76. The summed E-state index contributed by atoms with van der Waals surface area (Å²) in [4.78, 5) is 0. The second-order valence-electron chi connectivity index (χ2n) is 4.83. The van der Waals surface area contributed by atoms with Crippen LogP contribution >= 0.6 is 0 Å². The predicted molar refractivity (Wildman–Crippen MR) is 69.1 cm³/mol. The molecule has 4 heteroatoms. The van der Waals surface area contributed by atoms with Crippen LogP contribution in [0.15, 0.2) is 18.2 Å². The summed E-state index contributed by atoms with van der Waals surface area (Å²) in [6.07, 6.45) is -0.0162. The van der Waals surface area contributed by atoms with Gasteiger partial charge in [0.25, 0.3) is 0 Å². The van der Waals surface area contributed by atoms with Crippen LogP contribution in [0.4, 0.5) is 0 Å². The van der Waals surface area contributed by atoms with Crippen molar-refractivity contribution >= 4 is 0 Å². The summed E-state index contributed by atoms with van der Waals surface area (Å²) in [6, 6.07) is 5.93. The van der Waals surface area contributed by atoms with Crippen molar-refractivity contribution in [3.8, 4) is 0 Å². The molecule has 0 radical (unpaired) electrons. The Morgan fingerprint density at radius 2 is 2.06 bits per heavy atom. The molecule has 1 heterocycles. The smallest absolute Gasteiger partial charge is 0.0923 e. The monoisotopic (exact) mass is 251 g/mol. The molecule has 3 atom stereocenters. The summed E-state index contributed by atoms with van der Waals surface area (Å²) in [5, 5.41) is 31.9. The van der Waals surface area contributed by atoms with Gasteiger partial charge in [0.05, 0.1) is 18.8 Å². The van der Waals surface area contributed by atoms with E-state index < -0.39 is 12.2 Å². The number of β-amino-alcohol motifs (C(OH)–C–C–N with tert-alkyl or cyclic N) is 1. The molecule has 1 saturated heterocycles. The van der Waals surface area contributed by atoms with Gasteiger partial charge in [-0.1, -0.05) is 25.1 Å². The van der Waals surface area contributed by atoms with Gasteiger partial charge >= 0.3 is 0 Å². The molecular weight excluding hydrogens is 230 g/mol. The summed E-state index contributed by atoms with van der Waals surface area (Å²) < 4.78 is 0. The SMILES string of the molecule is CCc1c(CO)cccc1[C@H]1C[C@H](O)[C@H](O)CN1. The van der Waals surface area contributed by atoms with Crippen LogP contribution in [0.25, 0.3) is 0 Å². The number of hydrogen-bond donors (Lipinski definition) is 4. The van der Waals surface area contributed by atoms with Gasteiger partial charge in [-0.05, 0) is 29.5 Å². The van der Waals surface area contributed by atoms with Crippen molar-refractivity contribution in [2.24, 2.45) is 0 Å². The molecule has 0 spiro atoms. The van der Waals surface area contributed by atoms with Gasteiger partial charge in [0, 0.05) is 12.6 Å². The van der Waals surface area contributed by atoms with Gasteiger partial charge in [-0.15, -0.1) is 0 Å². The lowest BCUT2D eigenvalue weighted by molar-refractivity contribution is -0.0124. The minimum atomic E-state index is -0.688. The molecule has 18 heavy (non-hydrogen) atoms. The lowest BCUT2D eigenvalue weighted by Crippen LogP contribution is -2.45. The lowest BCUT2D eigenvalue weighted by atomic mass is 9.88. The van der Waals surface area contributed by atoms with E-state index in [1.807, 2.05) is 18.2 Å². The Balaban J connectivity index is 2.28. The van der Waals surface area contributed by atoms with Gasteiger partial charge in [-0.25, -0.2) is 0 Å². The average molecular weight is 251 g/mol. The Bertz CT molecular complexity index is 408. The molecule has 0 saturated carbocycles. The van der Waals surface area contributed by atoms with Crippen LogP contribution < -0.4 is 5.32 Å². The molecule has 1 aliphatic heterocycles. The highest BCUT2D eigenvalue weighted by Crippen LogP contribution is 2.28. The molecule has 2 rings (SSSR count). The van der Waals surface area contributed by atoms with Gasteiger partial charge in [0.15, 0.2) is 0 Å². The zero-order chi connectivity index (χ0) is 13.1. The molecule has 0 amide bonds. The summed E-state index contributed by atoms with van der Waals surface area (Å²) in [5.41, 5.74) is 3.20. The van der Waals surface area contributed by atoms with Crippen molar-refractivity contribution < 1.29 is 15.3 Å². The average Bonchev–Trinajstić information content (AvgIpc) is 2.40. The van der Waals surface area contributed by atoms with Gasteiger partial charge < -0.3 is 20.6 Å². The van der Waals surface area contributed by atoms with Crippen molar-refractivity contribution in [1.82, 2.24) is 5.32 Å². The fraction of sp³-hybridized carbons (Fsp3) is 0.571. The highest BCUT2D eigenvalue weighted by atomic mass is 16.3. The maximum absolute atomic E-state index is 9.76. The second-order valence-corrected chi connectivity index (χ2v) is 4.83. The molecule has 100 valence electrons. The van der Waals surface area contributed by atoms with E-state index in [4.69, 9.17) is 0 Å². The Labute approximate surface area is 107 Å². The van der Waals surface area contributed by atoms with E-state index in [9.17, 15) is 15.3 Å². The summed E-state index contributed by atoms with van der Waals surface area (Å²) in [6.45, 7) is 2.50. The van der Waals surface area contributed by atoms with E-state index in [1.54, 1.807) is 0 Å². The first-order chi connectivity index (χ1) is 8.67. The van der Waals surface area contributed by atoms with Crippen molar-refractivity contribution in [2.75, 3.05) is 6.54 Å². The Morgan fingerprint density at radius 1 is 1.28 bits per heavy atom. The van der Waals surface area contributed by atoms with Crippen molar-refractivity contribution in [3.05, 3.63) is 34.9 Å². The molecule has 0 bridgehead atoms. The van der Waals surface area contributed by atoms with Crippen LogP contribution in [-0.4, -0.2) is 34.1 Å². The van der Waals surface area contributed by atoms with Crippen molar-refractivity contribution in [3.63, 3.8) is 0 Å². The Hall–Kier alpha value is -0.940. The summed E-state index contributed by atoms with van der Waals surface area (Å²) >= 11 is 0. The Morgan fingerprint density at radius 3 is 2.67 bits per heavy atom. The molecule has 4 nitrogen and oxygen atoms in total. The fourth-order valence-corrected chi connectivity index (χ4v) is 2.68. The molecule has 4 N–H and O–H groups in total. The van der Waals surface area contributed by atoms with E-state index in [0.29, 0.717) is 13.0 Å². The number of hydrogen-bond acceptors (Lipinski definition) is 4. The van der Waals surface area contributed by atoms with Gasteiger partial charge in [-0.2, -0.15) is 0 Å². The minimum Gasteiger partial charge on any atom is -0.392 e. The van der Waals surface area contributed by atoms with E-state index in [1.165, 1.54) is 0 Å². The molecule has 1 aromatic carbocycles. The third kappa shape index (κ3) is 2.57. The van der Waals surface area contributed by atoms with Crippen molar-refractivity contribution in [2.45, 2.75) is 44.6 Å². The zero-order valence-electron chi connectivity index (χ0n) is 10.6. The van der Waals surface area contributed by atoms with Crippen LogP contribution in [0, 0.1) is 0 Å². The predicted octanol–water partition coefficient (Wildman–Crippen LogP) is 0.498. The van der Waals surface area contributed by atoms with Gasteiger partial charge in [0.2, 0.25) is 0 Å². The summed E-state index contributed by atoms with van der Waals surface area (Å²) in [5.74, 6) is 0. The van der Waals surface area contributed by atoms with Crippen LogP contribution in [0.1, 0.15) is 36.1 Å². The first-order valence-corrected chi connectivity index (χ1v) is 6.48. The molecule has 1 aliphatic rings.